The highest BCUT2D eigenvalue weighted by molar-refractivity contribution is 7.15. The molecule has 1 aliphatic heterocycles. The van der Waals surface area contributed by atoms with E-state index in [2.05, 4.69) is 25.7 Å². The number of nitrogens with zero attached hydrogens (tertiary/aromatic N) is 4. The minimum Gasteiger partial charge on any atom is -0.377 e. The summed E-state index contributed by atoms with van der Waals surface area (Å²) in [6, 6.07) is 6.68. The maximum absolute atomic E-state index is 12.5. The van der Waals surface area contributed by atoms with Gasteiger partial charge in [0.05, 0.1) is 0 Å². The molecule has 2 N–H and O–H groups in total. The number of nitrogens with one attached hydrogen (secondary N) is 2. The SMILES string of the molecule is COCc1nnc(NC(=O)[C@H](C)NC(=O)N2CCN(c3cccc(Cl)c3)CC2)s1. The molecule has 0 unspecified atom stereocenters. The van der Waals surface area contributed by atoms with Gasteiger partial charge >= 0.3 is 6.03 Å². The molecule has 1 aliphatic rings. The monoisotopic (exact) mass is 438 g/mol. The second-order valence-corrected chi connectivity index (χ2v) is 8.05. The van der Waals surface area contributed by atoms with Crippen LogP contribution in [0.15, 0.2) is 24.3 Å². The molecular weight excluding hydrogens is 416 g/mol. The summed E-state index contributed by atoms with van der Waals surface area (Å²) in [6.07, 6.45) is 0. The first-order chi connectivity index (χ1) is 14.0. The molecule has 2 aromatic rings. The third-order valence-corrected chi connectivity index (χ3v) is 5.49. The van der Waals surface area contributed by atoms with Crippen molar-refractivity contribution in [3.05, 3.63) is 34.3 Å². The summed E-state index contributed by atoms with van der Waals surface area (Å²) in [5.41, 5.74) is 1.04. The summed E-state index contributed by atoms with van der Waals surface area (Å²) in [6.45, 7) is 4.48. The van der Waals surface area contributed by atoms with E-state index in [0.29, 0.717) is 47.9 Å². The predicted molar refractivity (Wildman–Crippen MR) is 112 cm³/mol. The third-order valence-electron chi connectivity index (χ3n) is 4.44. The van der Waals surface area contributed by atoms with Crippen molar-refractivity contribution in [3.63, 3.8) is 0 Å². The molecule has 11 heteroatoms. The maximum Gasteiger partial charge on any atom is 0.318 e. The lowest BCUT2D eigenvalue weighted by atomic mass is 10.2. The molecule has 9 nitrogen and oxygen atoms in total. The number of carbonyl (C=O) groups excluding carboxylic acids is 2. The number of hydrogen-bond acceptors (Lipinski definition) is 7. The topological polar surface area (TPSA) is 99.7 Å². The van der Waals surface area contributed by atoms with E-state index in [4.69, 9.17) is 16.3 Å². The van der Waals surface area contributed by atoms with Crippen molar-refractivity contribution in [2.24, 2.45) is 0 Å². The molecule has 29 heavy (non-hydrogen) atoms. The molecule has 1 saturated heterocycles. The molecule has 156 valence electrons. The van der Waals surface area contributed by atoms with E-state index in [1.807, 2.05) is 24.3 Å². The molecule has 1 aromatic carbocycles. The Balaban J connectivity index is 1.46. The van der Waals surface area contributed by atoms with Gasteiger partial charge in [-0.2, -0.15) is 0 Å². The number of amides is 3. The van der Waals surface area contributed by atoms with Gasteiger partial charge in [0.2, 0.25) is 11.0 Å². The molecule has 0 aliphatic carbocycles. The number of aromatic nitrogens is 2. The molecule has 0 radical (unpaired) electrons. The van der Waals surface area contributed by atoms with Crippen LogP contribution in [0.25, 0.3) is 0 Å². The van der Waals surface area contributed by atoms with Gasteiger partial charge in [0.15, 0.2) is 0 Å². The van der Waals surface area contributed by atoms with Crippen molar-refractivity contribution in [3.8, 4) is 0 Å². The van der Waals surface area contributed by atoms with Gasteiger partial charge in [0, 0.05) is 44.0 Å². The number of urea groups is 1. The standard InChI is InChI=1S/C18H23ClN6O3S/c1-12(16(26)21-17-23-22-15(29-17)11-28-2)20-18(27)25-8-6-24(7-9-25)14-5-3-4-13(19)10-14/h3-5,10,12H,6-9,11H2,1-2H3,(H,20,27)(H,21,23,26)/t12-/m0/s1. The molecule has 0 spiro atoms. The summed E-state index contributed by atoms with van der Waals surface area (Å²) in [5, 5.41) is 14.9. The number of benzene rings is 1. The zero-order valence-corrected chi connectivity index (χ0v) is 17.8. The summed E-state index contributed by atoms with van der Waals surface area (Å²) in [5.74, 6) is -0.351. The van der Waals surface area contributed by atoms with Crippen molar-refractivity contribution in [1.29, 1.82) is 0 Å². The lowest BCUT2D eigenvalue weighted by molar-refractivity contribution is -0.117. The number of anilines is 2. The van der Waals surface area contributed by atoms with Crippen LogP contribution in [0, 0.1) is 0 Å². The van der Waals surface area contributed by atoms with Crippen LogP contribution in [-0.4, -0.2) is 66.4 Å². The number of ether oxygens (including phenoxy) is 1. The first-order valence-corrected chi connectivity index (χ1v) is 10.3. The predicted octanol–water partition coefficient (Wildman–Crippen LogP) is 2.20. The third kappa shape index (κ3) is 5.78. The van der Waals surface area contributed by atoms with Crippen molar-refractivity contribution in [1.82, 2.24) is 20.4 Å². The molecule has 1 atom stereocenters. The summed E-state index contributed by atoms with van der Waals surface area (Å²) in [7, 11) is 1.56. The van der Waals surface area contributed by atoms with E-state index >= 15 is 0 Å². The van der Waals surface area contributed by atoms with E-state index in [1.54, 1.807) is 18.9 Å². The molecular formula is C18H23ClN6O3S. The van der Waals surface area contributed by atoms with Crippen molar-refractivity contribution in [2.75, 3.05) is 43.5 Å². The van der Waals surface area contributed by atoms with Gasteiger partial charge in [0.25, 0.3) is 0 Å². The van der Waals surface area contributed by atoms with Crippen molar-refractivity contribution < 1.29 is 14.3 Å². The summed E-state index contributed by atoms with van der Waals surface area (Å²) < 4.78 is 4.98. The fraction of sp³-hybridized carbons (Fsp3) is 0.444. The van der Waals surface area contributed by atoms with Crippen LogP contribution in [0.1, 0.15) is 11.9 Å². The Labute approximate surface area is 178 Å². The Hall–Kier alpha value is -2.43. The average molecular weight is 439 g/mol. The summed E-state index contributed by atoms with van der Waals surface area (Å²) in [4.78, 5) is 28.7. The second kappa shape index (κ2) is 9.86. The fourth-order valence-corrected chi connectivity index (χ4v) is 3.78. The first kappa shape index (κ1) is 21.3. The Bertz CT molecular complexity index is 856. The Morgan fingerprint density at radius 2 is 2.03 bits per heavy atom. The minimum atomic E-state index is -0.705. The number of piperazine rings is 1. The molecule has 3 rings (SSSR count). The average Bonchev–Trinajstić information content (AvgIpc) is 3.15. The van der Waals surface area contributed by atoms with Gasteiger partial charge in [-0.1, -0.05) is 29.0 Å². The van der Waals surface area contributed by atoms with Gasteiger partial charge in [-0.3, -0.25) is 10.1 Å². The number of carbonyl (C=O) groups is 2. The van der Waals surface area contributed by atoms with Crippen LogP contribution in [0.5, 0.6) is 0 Å². The van der Waals surface area contributed by atoms with E-state index in [9.17, 15) is 9.59 Å². The van der Waals surface area contributed by atoms with Gasteiger partial charge < -0.3 is 19.9 Å². The first-order valence-electron chi connectivity index (χ1n) is 9.14. The minimum absolute atomic E-state index is 0.268. The second-order valence-electron chi connectivity index (χ2n) is 6.55. The number of halogens is 1. The lowest BCUT2D eigenvalue weighted by Gasteiger charge is -2.36. The molecule has 3 amide bonds. The normalized spacial score (nSPS) is 15.1. The van der Waals surface area contributed by atoms with E-state index in [1.165, 1.54) is 11.3 Å². The Morgan fingerprint density at radius 1 is 1.28 bits per heavy atom. The molecule has 2 heterocycles. The highest BCUT2D eigenvalue weighted by Crippen LogP contribution is 2.21. The number of hydrogen-bond donors (Lipinski definition) is 2. The quantitative estimate of drug-likeness (QED) is 0.717. The van der Waals surface area contributed by atoms with E-state index < -0.39 is 6.04 Å². The molecule has 1 fully saturated rings. The fourth-order valence-electron chi connectivity index (χ4n) is 2.88. The van der Waals surface area contributed by atoms with Crippen molar-refractivity contribution >= 4 is 45.7 Å². The van der Waals surface area contributed by atoms with Gasteiger partial charge in [-0.25, -0.2) is 4.79 Å². The van der Waals surface area contributed by atoms with Gasteiger partial charge in [-0.15, -0.1) is 10.2 Å². The largest absolute Gasteiger partial charge is 0.377 e. The van der Waals surface area contributed by atoms with Crippen LogP contribution < -0.4 is 15.5 Å². The lowest BCUT2D eigenvalue weighted by Crippen LogP contribution is -2.54. The van der Waals surface area contributed by atoms with Gasteiger partial charge in [-0.05, 0) is 25.1 Å². The highest BCUT2D eigenvalue weighted by Gasteiger charge is 2.24. The van der Waals surface area contributed by atoms with Crippen LogP contribution in [0.4, 0.5) is 15.6 Å². The Kier molecular flexibility index (Phi) is 7.24. The molecule has 0 saturated carbocycles. The molecule has 0 bridgehead atoms. The van der Waals surface area contributed by atoms with E-state index in [-0.39, 0.29) is 11.9 Å². The molecule has 1 aromatic heterocycles. The van der Waals surface area contributed by atoms with Crippen LogP contribution in [0.3, 0.4) is 0 Å². The maximum atomic E-state index is 12.5. The van der Waals surface area contributed by atoms with Crippen molar-refractivity contribution in [2.45, 2.75) is 19.6 Å². The zero-order chi connectivity index (χ0) is 20.8. The summed E-state index contributed by atoms with van der Waals surface area (Å²) >= 11 is 7.28. The van der Waals surface area contributed by atoms with Crippen LogP contribution >= 0.6 is 22.9 Å². The van der Waals surface area contributed by atoms with Crippen LogP contribution in [0.2, 0.25) is 5.02 Å². The van der Waals surface area contributed by atoms with E-state index in [0.717, 1.165) is 5.69 Å². The number of rotatable bonds is 6. The van der Waals surface area contributed by atoms with Gasteiger partial charge in [0.1, 0.15) is 17.7 Å². The highest BCUT2D eigenvalue weighted by atomic mass is 35.5. The van der Waals surface area contributed by atoms with Crippen LogP contribution in [-0.2, 0) is 16.1 Å². The smallest absolute Gasteiger partial charge is 0.318 e. The Morgan fingerprint density at radius 3 is 2.72 bits per heavy atom. The number of methoxy groups -OCH3 is 1. The zero-order valence-electron chi connectivity index (χ0n) is 16.2.